The first kappa shape index (κ1) is 20.8. The Morgan fingerprint density at radius 2 is 1.73 bits per heavy atom. The molecule has 5 saturated carbocycles. The Labute approximate surface area is 191 Å². The number of hydrogen-bond donors (Lipinski definition) is 3. The van der Waals surface area contributed by atoms with Crippen molar-refractivity contribution in [2.24, 2.45) is 28.9 Å². The highest BCUT2D eigenvalue weighted by molar-refractivity contribution is 9.10. The van der Waals surface area contributed by atoms with Gasteiger partial charge in [0, 0.05) is 20.8 Å². The van der Waals surface area contributed by atoms with Crippen LogP contribution in [0.25, 0.3) is 0 Å². The van der Waals surface area contributed by atoms with Gasteiger partial charge in [0.05, 0.1) is 0 Å². The maximum atomic E-state index is 13.6. The minimum absolute atomic E-state index is 0.120. The lowest BCUT2D eigenvalue weighted by Gasteiger charge is -2.59. The average molecular weight is 492 g/mol. The van der Waals surface area contributed by atoms with E-state index in [-0.39, 0.29) is 23.3 Å². The van der Waals surface area contributed by atoms with Gasteiger partial charge in [-0.05, 0) is 103 Å². The Morgan fingerprint density at radius 1 is 1.07 bits per heavy atom. The van der Waals surface area contributed by atoms with Crippen molar-refractivity contribution in [3.05, 3.63) is 28.7 Å². The number of rotatable bonds is 6. The molecule has 0 saturated heterocycles. The number of carbonyl (C=O) groups is 2. The van der Waals surface area contributed by atoms with Crippen LogP contribution in [0.15, 0.2) is 33.6 Å². The molecule has 5 aliphatic rings. The second kappa shape index (κ2) is 7.82. The van der Waals surface area contributed by atoms with E-state index < -0.39 is 5.54 Å². The summed E-state index contributed by atoms with van der Waals surface area (Å²) in [6.45, 7) is 0. The minimum atomic E-state index is -0.518. The van der Waals surface area contributed by atoms with Gasteiger partial charge in [0.2, 0.25) is 11.8 Å². The molecule has 30 heavy (non-hydrogen) atoms. The summed E-state index contributed by atoms with van der Waals surface area (Å²) in [5.41, 5.74) is 5.00. The lowest BCUT2D eigenvalue weighted by atomic mass is 9.47. The minimum Gasteiger partial charge on any atom is -0.369 e. The zero-order valence-electron chi connectivity index (χ0n) is 17.2. The number of carbonyl (C=O) groups excluding carboxylic acids is 2. The molecule has 2 amide bonds. The fraction of sp³-hybridized carbons (Fsp3) is 0.652. The lowest BCUT2D eigenvalue weighted by molar-refractivity contribution is -0.148. The summed E-state index contributed by atoms with van der Waals surface area (Å²) < 4.78 is 4.59. The van der Waals surface area contributed by atoms with Crippen LogP contribution >= 0.6 is 27.9 Å². The normalized spacial score (nSPS) is 36.0. The van der Waals surface area contributed by atoms with Crippen molar-refractivity contribution in [2.45, 2.75) is 74.3 Å². The van der Waals surface area contributed by atoms with E-state index in [0.717, 1.165) is 67.2 Å². The zero-order valence-corrected chi connectivity index (χ0v) is 19.6. The van der Waals surface area contributed by atoms with Crippen LogP contribution in [0.2, 0.25) is 0 Å². The Balaban J connectivity index is 1.30. The molecule has 162 valence electrons. The molecule has 1 aromatic rings. The van der Waals surface area contributed by atoms with Crippen molar-refractivity contribution >= 4 is 39.7 Å². The largest absolute Gasteiger partial charge is 0.369 e. The molecule has 2 atom stereocenters. The van der Waals surface area contributed by atoms with Crippen LogP contribution in [0.1, 0.15) is 57.8 Å². The number of nitrogens with one attached hydrogen (secondary N) is 2. The Morgan fingerprint density at radius 3 is 2.37 bits per heavy atom. The first-order valence-corrected chi connectivity index (χ1v) is 12.8. The highest BCUT2D eigenvalue weighted by atomic mass is 79.9. The van der Waals surface area contributed by atoms with Crippen LogP contribution < -0.4 is 15.8 Å². The number of halogens is 1. The number of amides is 2. The molecule has 4 N–H and O–H groups in total. The standard InChI is InChI=1S/C23H30BrN3O2S/c24-17-5-1-2-6-18(17)30-27-23(7-3-4-8-23)21(29)26-19-15-9-14-10-16(19)13-22(11-14,12-15)20(25)28/h1-2,5-6,14-16,19,27H,3-4,7-13H2,(H2,25,28)(H,26,29). The van der Waals surface area contributed by atoms with Crippen molar-refractivity contribution in [1.82, 2.24) is 10.0 Å². The second-order valence-electron chi connectivity index (χ2n) is 10.0. The van der Waals surface area contributed by atoms with Crippen LogP contribution in [0.5, 0.6) is 0 Å². The van der Waals surface area contributed by atoms with Gasteiger partial charge in [-0.25, -0.2) is 4.72 Å². The molecular formula is C23H30BrN3O2S. The van der Waals surface area contributed by atoms with Crippen molar-refractivity contribution in [3.63, 3.8) is 0 Å². The van der Waals surface area contributed by atoms with Crippen LogP contribution in [0, 0.1) is 23.2 Å². The van der Waals surface area contributed by atoms with Crippen molar-refractivity contribution < 1.29 is 9.59 Å². The summed E-state index contributed by atoms with van der Waals surface area (Å²) >= 11 is 5.15. The van der Waals surface area contributed by atoms with Gasteiger partial charge < -0.3 is 11.1 Å². The van der Waals surface area contributed by atoms with E-state index in [1.807, 2.05) is 18.2 Å². The number of benzene rings is 1. The van der Waals surface area contributed by atoms with E-state index in [0.29, 0.717) is 17.8 Å². The Bertz CT molecular complexity index is 841. The number of nitrogens with two attached hydrogens (primary N) is 1. The molecule has 2 unspecified atom stereocenters. The maximum absolute atomic E-state index is 13.6. The van der Waals surface area contributed by atoms with Crippen LogP contribution in [0.4, 0.5) is 0 Å². The smallest absolute Gasteiger partial charge is 0.241 e. The molecule has 0 spiro atoms. The SMILES string of the molecule is NC(=O)C12CC3CC(C1)C(NC(=O)C1(NSc4ccccc4Br)CCCC1)C(C3)C2. The van der Waals surface area contributed by atoms with E-state index >= 15 is 0 Å². The molecule has 5 nitrogen and oxygen atoms in total. The Hall–Kier alpha value is -1.05. The summed E-state index contributed by atoms with van der Waals surface area (Å²) in [5, 5.41) is 3.47. The molecule has 0 aromatic heterocycles. The Kier molecular flexibility index (Phi) is 5.43. The maximum Gasteiger partial charge on any atom is 0.241 e. The van der Waals surface area contributed by atoms with E-state index in [2.05, 4.69) is 32.0 Å². The summed E-state index contributed by atoms with van der Waals surface area (Å²) in [5.74, 6) is 1.41. The molecule has 1 aromatic carbocycles. The van der Waals surface area contributed by atoms with E-state index in [1.54, 1.807) is 11.9 Å². The number of primary amides is 1. The fourth-order valence-electron chi connectivity index (χ4n) is 6.89. The molecule has 5 fully saturated rings. The third kappa shape index (κ3) is 3.51. The van der Waals surface area contributed by atoms with Gasteiger partial charge in [0.1, 0.15) is 5.54 Å². The molecule has 4 bridgehead atoms. The molecule has 0 heterocycles. The van der Waals surface area contributed by atoms with Gasteiger partial charge in [0.15, 0.2) is 0 Å². The molecule has 6 rings (SSSR count). The zero-order chi connectivity index (χ0) is 20.9. The summed E-state index contributed by atoms with van der Waals surface area (Å²) in [6, 6.07) is 8.28. The van der Waals surface area contributed by atoms with Crippen LogP contribution in [0.3, 0.4) is 0 Å². The van der Waals surface area contributed by atoms with Gasteiger partial charge in [0.25, 0.3) is 0 Å². The third-order valence-corrected chi connectivity index (χ3v) is 10.2. The average Bonchev–Trinajstić information content (AvgIpc) is 3.20. The molecule has 7 heteroatoms. The van der Waals surface area contributed by atoms with E-state index in [1.165, 1.54) is 0 Å². The second-order valence-corrected chi connectivity index (χ2v) is 11.7. The fourth-order valence-corrected chi connectivity index (χ4v) is 8.33. The quantitative estimate of drug-likeness (QED) is 0.521. The van der Waals surface area contributed by atoms with Crippen LogP contribution in [-0.4, -0.2) is 23.4 Å². The molecule has 0 aliphatic heterocycles. The first-order chi connectivity index (χ1) is 14.4. The predicted molar refractivity (Wildman–Crippen MR) is 121 cm³/mol. The van der Waals surface area contributed by atoms with Gasteiger partial charge in [-0.15, -0.1) is 0 Å². The van der Waals surface area contributed by atoms with Gasteiger partial charge in [-0.2, -0.15) is 0 Å². The van der Waals surface area contributed by atoms with Crippen LogP contribution in [-0.2, 0) is 9.59 Å². The third-order valence-electron chi connectivity index (χ3n) is 8.18. The highest BCUT2D eigenvalue weighted by Gasteiger charge is 2.58. The van der Waals surface area contributed by atoms with Crippen molar-refractivity contribution in [3.8, 4) is 0 Å². The topological polar surface area (TPSA) is 84.2 Å². The molecule has 5 aliphatic carbocycles. The lowest BCUT2D eigenvalue weighted by Crippen LogP contribution is -2.65. The van der Waals surface area contributed by atoms with Crippen molar-refractivity contribution in [1.29, 1.82) is 0 Å². The van der Waals surface area contributed by atoms with Crippen molar-refractivity contribution in [2.75, 3.05) is 0 Å². The summed E-state index contributed by atoms with van der Waals surface area (Å²) in [4.78, 5) is 26.9. The summed E-state index contributed by atoms with van der Waals surface area (Å²) in [7, 11) is 0. The predicted octanol–water partition coefficient (Wildman–Crippen LogP) is 4.16. The van der Waals surface area contributed by atoms with Gasteiger partial charge >= 0.3 is 0 Å². The van der Waals surface area contributed by atoms with Gasteiger partial charge in [-0.3, -0.25) is 9.59 Å². The number of hydrogen-bond acceptors (Lipinski definition) is 4. The van der Waals surface area contributed by atoms with Gasteiger partial charge in [-0.1, -0.05) is 25.0 Å². The highest BCUT2D eigenvalue weighted by Crippen LogP contribution is 2.60. The monoisotopic (exact) mass is 491 g/mol. The molecule has 0 radical (unpaired) electrons. The first-order valence-electron chi connectivity index (χ1n) is 11.2. The summed E-state index contributed by atoms with van der Waals surface area (Å²) in [6.07, 6.45) is 8.80. The van der Waals surface area contributed by atoms with E-state index in [9.17, 15) is 9.59 Å². The molecular weight excluding hydrogens is 462 g/mol. The van der Waals surface area contributed by atoms with E-state index in [4.69, 9.17) is 5.73 Å².